The van der Waals surface area contributed by atoms with Gasteiger partial charge in [-0.25, -0.2) is 0 Å². The number of aromatic nitrogens is 1. The molecule has 2 aromatic rings. The van der Waals surface area contributed by atoms with E-state index in [1.165, 1.54) is 93.7 Å². The number of pyridine rings is 1. The average Bonchev–Trinajstić information content (AvgIpc) is 2.63. The molecule has 1 aromatic heterocycles. The van der Waals surface area contributed by atoms with Gasteiger partial charge in [-0.05, 0) is 37.5 Å². The van der Waals surface area contributed by atoms with Crippen LogP contribution < -0.4 is 0 Å². The lowest BCUT2D eigenvalue weighted by molar-refractivity contribution is 0.543. The van der Waals surface area contributed by atoms with Gasteiger partial charge < -0.3 is 0 Å². The van der Waals surface area contributed by atoms with Gasteiger partial charge in [-0.3, -0.25) is 4.98 Å². The third kappa shape index (κ3) is 7.59. The average molecular weight is 340 g/mol. The van der Waals surface area contributed by atoms with Crippen molar-refractivity contribution in [2.24, 2.45) is 0 Å². The maximum absolute atomic E-state index is 4.82. The van der Waals surface area contributed by atoms with E-state index in [1.54, 1.807) is 0 Å². The molecule has 0 aliphatic carbocycles. The van der Waals surface area contributed by atoms with Crippen molar-refractivity contribution in [1.29, 1.82) is 0 Å². The van der Waals surface area contributed by atoms with Gasteiger partial charge in [-0.1, -0.05) is 95.8 Å². The predicted molar refractivity (Wildman–Crippen MR) is 111 cm³/mol. The number of hydrogen-bond donors (Lipinski definition) is 0. The van der Waals surface area contributed by atoms with Crippen LogP contribution in [0.25, 0.3) is 10.9 Å². The molecule has 0 aliphatic heterocycles. The van der Waals surface area contributed by atoms with E-state index in [1.807, 2.05) is 0 Å². The number of aryl methyl sites for hydroxylation is 2. The van der Waals surface area contributed by atoms with E-state index in [9.17, 15) is 0 Å². The molecule has 0 unspecified atom stereocenters. The van der Waals surface area contributed by atoms with Crippen molar-refractivity contribution in [3.63, 3.8) is 0 Å². The molecule has 1 heteroatoms. The van der Waals surface area contributed by atoms with Crippen LogP contribution in [0.2, 0.25) is 0 Å². The minimum absolute atomic E-state index is 1.13. The van der Waals surface area contributed by atoms with Crippen molar-refractivity contribution < 1.29 is 0 Å². The summed E-state index contributed by atoms with van der Waals surface area (Å²) in [6, 6.07) is 10.8. The van der Waals surface area contributed by atoms with E-state index >= 15 is 0 Å². The maximum atomic E-state index is 4.82. The molecule has 0 atom stereocenters. The lowest BCUT2D eigenvalue weighted by Crippen LogP contribution is -1.93. The standard InChI is InChI=1S/C24H37N/c1-3-4-5-6-7-8-9-10-11-12-13-14-17-22-20-21(2)23-18-15-16-19-24(23)25-22/h15-16,18-20H,3-14,17H2,1-2H3. The van der Waals surface area contributed by atoms with Crippen molar-refractivity contribution in [3.8, 4) is 0 Å². The third-order valence-electron chi connectivity index (χ3n) is 5.26. The highest BCUT2D eigenvalue weighted by atomic mass is 14.7. The molecule has 0 bridgehead atoms. The SMILES string of the molecule is CCCCCCCCCCCCCCc1cc(C)c2ccccc2n1. The third-order valence-corrected chi connectivity index (χ3v) is 5.26. The van der Waals surface area contributed by atoms with Gasteiger partial charge in [0.05, 0.1) is 5.52 Å². The van der Waals surface area contributed by atoms with Gasteiger partial charge in [-0.15, -0.1) is 0 Å². The lowest BCUT2D eigenvalue weighted by Gasteiger charge is -2.06. The summed E-state index contributed by atoms with van der Waals surface area (Å²) in [4.78, 5) is 4.82. The highest BCUT2D eigenvalue weighted by Gasteiger charge is 2.02. The molecule has 0 N–H and O–H groups in total. The first-order valence-corrected chi connectivity index (χ1v) is 10.7. The monoisotopic (exact) mass is 339 g/mol. The molecule has 25 heavy (non-hydrogen) atoms. The molecule has 0 fully saturated rings. The summed E-state index contributed by atoms with van der Waals surface area (Å²) in [6.07, 6.45) is 18.0. The number of benzene rings is 1. The minimum atomic E-state index is 1.13. The molecular weight excluding hydrogens is 302 g/mol. The van der Waals surface area contributed by atoms with E-state index in [4.69, 9.17) is 4.98 Å². The molecular formula is C24H37N. The number of fused-ring (bicyclic) bond motifs is 1. The molecule has 1 heterocycles. The van der Waals surface area contributed by atoms with Crippen molar-refractivity contribution in [2.75, 3.05) is 0 Å². The van der Waals surface area contributed by atoms with Crippen LogP contribution in [0.15, 0.2) is 30.3 Å². The Morgan fingerprint density at radius 3 is 1.92 bits per heavy atom. The second-order valence-electron chi connectivity index (χ2n) is 7.59. The second-order valence-corrected chi connectivity index (χ2v) is 7.59. The topological polar surface area (TPSA) is 12.9 Å². The molecule has 1 nitrogen and oxygen atoms in total. The molecule has 2 rings (SSSR count). The number of unbranched alkanes of at least 4 members (excludes halogenated alkanes) is 11. The van der Waals surface area contributed by atoms with E-state index in [-0.39, 0.29) is 0 Å². The van der Waals surface area contributed by atoms with Gasteiger partial charge >= 0.3 is 0 Å². The van der Waals surface area contributed by atoms with Crippen molar-refractivity contribution in [3.05, 3.63) is 41.6 Å². The Bertz CT molecular complexity index is 602. The summed E-state index contributed by atoms with van der Waals surface area (Å²) < 4.78 is 0. The van der Waals surface area contributed by atoms with Gasteiger partial charge in [0.1, 0.15) is 0 Å². The van der Waals surface area contributed by atoms with E-state index < -0.39 is 0 Å². The molecule has 0 amide bonds. The zero-order valence-corrected chi connectivity index (χ0v) is 16.5. The van der Waals surface area contributed by atoms with Gasteiger partial charge in [0.2, 0.25) is 0 Å². The summed E-state index contributed by atoms with van der Waals surface area (Å²) in [6.45, 7) is 4.49. The summed E-state index contributed by atoms with van der Waals surface area (Å²) in [5, 5.41) is 1.29. The molecule has 138 valence electrons. The van der Waals surface area contributed by atoms with Crippen molar-refractivity contribution >= 4 is 10.9 Å². The second kappa shape index (κ2) is 12.1. The van der Waals surface area contributed by atoms with Crippen LogP contribution in [0.5, 0.6) is 0 Å². The van der Waals surface area contributed by atoms with Crippen molar-refractivity contribution in [1.82, 2.24) is 4.98 Å². The highest BCUT2D eigenvalue weighted by molar-refractivity contribution is 5.81. The normalized spacial score (nSPS) is 11.3. The Kier molecular flexibility index (Phi) is 9.62. The van der Waals surface area contributed by atoms with Gasteiger partial charge in [0.15, 0.2) is 0 Å². The van der Waals surface area contributed by atoms with Gasteiger partial charge in [0.25, 0.3) is 0 Å². The molecule has 0 saturated heterocycles. The van der Waals surface area contributed by atoms with Crippen LogP contribution in [-0.4, -0.2) is 4.98 Å². The fraction of sp³-hybridized carbons (Fsp3) is 0.625. The summed E-state index contributed by atoms with van der Waals surface area (Å²) >= 11 is 0. The first kappa shape index (κ1) is 19.9. The first-order chi connectivity index (χ1) is 12.3. The summed E-state index contributed by atoms with van der Waals surface area (Å²) in [5.74, 6) is 0. The van der Waals surface area contributed by atoms with Gasteiger partial charge in [-0.2, -0.15) is 0 Å². The Balaban J connectivity index is 1.52. The van der Waals surface area contributed by atoms with E-state index in [0.717, 1.165) is 11.9 Å². The fourth-order valence-electron chi connectivity index (χ4n) is 3.69. The summed E-state index contributed by atoms with van der Waals surface area (Å²) in [5.41, 5.74) is 3.78. The smallest absolute Gasteiger partial charge is 0.0707 e. The van der Waals surface area contributed by atoms with Crippen LogP contribution in [-0.2, 0) is 6.42 Å². The predicted octanol–water partition coefficient (Wildman–Crippen LogP) is 7.79. The largest absolute Gasteiger partial charge is 0.253 e. The quantitative estimate of drug-likeness (QED) is 0.339. The molecule has 0 saturated carbocycles. The van der Waals surface area contributed by atoms with Crippen LogP contribution in [0.4, 0.5) is 0 Å². The number of para-hydroxylation sites is 1. The van der Waals surface area contributed by atoms with Crippen LogP contribution >= 0.6 is 0 Å². The van der Waals surface area contributed by atoms with Crippen molar-refractivity contribution in [2.45, 2.75) is 97.3 Å². The number of hydrogen-bond acceptors (Lipinski definition) is 1. The zero-order chi connectivity index (χ0) is 17.7. The maximum Gasteiger partial charge on any atom is 0.0707 e. The molecule has 0 spiro atoms. The zero-order valence-electron chi connectivity index (χ0n) is 16.5. The van der Waals surface area contributed by atoms with E-state index in [0.29, 0.717) is 0 Å². The van der Waals surface area contributed by atoms with Crippen LogP contribution in [0.1, 0.15) is 95.2 Å². The Hall–Kier alpha value is -1.37. The molecule has 1 aromatic carbocycles. The minimum Gasteiger partial charge on any atom is -0.253 e. The first-order valence-electron chi connectivity index (χ1n) is 10.7. The molecule has 0 radical (unpaired) electrons. The Morgan fingerprint density at radius 1 is 0.720 bits per heavy atom. The van der Waals surface area contributed by atoms with E-state index in [2.05, 4.69) is 44.2 Å². The lowest BCUT2D eigenvalue weighted by atomic mass is 10.0. The summed E-state index contributed by atoms with van der Waals surface area (Å²) in [7, 11) is 0. The van der Waals surface area contributed by atoms with Crippen LogP contribution in [0.3, 0.4) is 0 Å². The van der Waals surface area contributed by atoms with Crippen LogP contribution in [0, 0.1) is 6.92 Å². The number of rotatable bonds is 13. The molecule has 0 aliphatic rings. The Labute approximate surface area is 155 Å². The fourth-order valence-corrected chi connectivity index (χ4v) is 3.69. The Morgan fingerprint density at radius 2 is 1.28 bits per heavy atom. The highest BCUT2D eigenvalue weighted by Crippen LogP contribution is 2.19. The number of nitrogens with zero attached hydrogens (tertiary/aromatic N) is 1. The van der Waals surface area contributed by atoms with Gasteiger partial charge in [0, 0.05) is 11.1 Å².